The highest BCUT2D eigenvalue weighted by atomic mass is 16.5. The Morgan fingerprint density at radius 3 is 2.50 bits per heavy atom. The van der Waals surface area contributed by atoms with Gasteiger partial charge in [-0.25, -0.2) is 0 Å². The number of benzene rings is 1. The van der Waals surface area contributed by atoms with Gasteiger partial charge in [0, 0.05) is 29.1 Å². The summed E-state index contributed by atoms with van der Waals surface area (Å²) in [5, 5.41) is 3.96. The molecule has 1 aromatic carbocycles. The van der Waals surface area contributed by atoms with Crippen LogP contribution >= 0.6 is 0 Å². The highest BCUT2D eigenvalue weighted by Gasteiger charge is 2.12. The fourth-order valence-corrected chi connectivity index (χ4v) is 2.52. The van der Waals surface area contributed by atoms with Crippen LogP contribution in [-0.4, -0.2) is 9.72 Å². The molecule has 22 heavy (non-hydrogen) atoms. The van der Waals surface area contributed by atoms with Gasteiger partial charge in [0.1, 0.15) is 5.76 Å². The summed E-state index contributed by atoms with van der Waals surface area (Å²) in [6.07, 6.45) is 1.84. The quantitative estimate of drug-likeness (QED) is 0.754. The zero-order chi connectivity index (χ0) is 15.7. The summed E-state index contributed by atoms with van der Waals surface area (Å²) in [7, 11) is 0. The van der Waals surface area contributed by atoms with E-state index in [0.717, 1.165) is 28.1 Å². The van der Waals surface area contributed by atoms with E-state index in [1.54, 1.807) is 16.7 Å². The van der Waals surface area contributed by atoms with E-state index in [4.69, 9.17) is 10.3 Å². The Hall–Kier alpha value is -2.82. The van der Waals surface area contributed by atoms with Crippen molar-refractivity contribution in [1.29, 1.82) is 0 Å². The minimum absolute atomic E-state index is 0.0488. The standard InChI is InChI=1S/C17H17N3O2/c1-11-17(12(2)22-19-11)14-5-8-16(21)20(10-14)9-13-3-6-15(18)7-4-13/h3-8,10H,9,18H2,1-2H3. The van der Waals surface area contributed by atoms with Crippen molar-refractivity contribution in [3.8, 4) is 11.1 Å². The molecule has 3 rings (SSSR count). The number of anilines is 1. The maximum Gasteiger partial charge on any atom is 0.250 e. The van der Waals surface area contributed by atoms with E-state index < -0.39 is 0 Å². The number of aromatic nitrogens is 2. The number of hydrogen-bond donors (Lipinski definition) is 1. The van der Waals surface area contributed by atoms with Crippen molar-refractivity contribution in [3.05, 3.63) is 70.0 Å². The first-order valence-electron chi connectivity index (χ1n) is 7.03. The van der Waals surface area contributed by atoms with Gasteiger partial charge in [-0.05, 0) is 37.6 Å². The molecule has 0 saturated heterocycles. The third kappa shape index (κ3) is 2.65. The molecule has 0 bridgehead atoms. The summed E-state index contributed by atoms with van der Waals surface area (Å²) in [4.78, 5) is 12.1. The highest BCUT2D eigenvalue weighted by Crippen LogP contribution is 2.25. The number of nitrogen functional groups attached to an aromatic ring is 1. The summed E-state index contributed by atoms with van der Waals surface area (Å²) in [6.45, 7) is 4.25. The Bertz CT molecular complexity index is 841. The van der Waals surface area contributed by atoms with E-state index in [0.29, 0.717) is 12.2 Å². The van der Waals surface area contributed by atoms with Crippen LogP contribution in [0.4, 0.5) is 5.69 Å². The summed E-state index contributed by atoms with van der Waals surface area (Å²) in [6, 6.07) is 10.9. The minimum Gasteiger partial charge on any atom is -0.399 e. The lowest BCUT2D eigenvalue weighted by Crippen LogP contribution is -2.19. The second-order valence-electron chi connectivity index (χ2n) is 5.32. The molecule has 2 aromatic heterocycles. The van der Waals surface area contributed by atoms with E-state index in [9.17, 15) is 4.79 Å². The van der Waals surface area contributed by atoms with Crippen LogP contribution in [0, 0.1) is 13.8 Å². The van der Waals surface area contributed by atoms with Gasteiger partial charge in [-0.1, -0.05) is 17.3 Å². The van der Waals surface area contributed by atoms with Crippen molar-refractivity contribution < 1.29 is 4.52 Å². The van der Waals surface area contributed by atoms with Crippen LogP contribution in [-0.2, 0) is 6.54 Å². The Kier molecular flexibility index (Phi) is 3.55. The molecule has 0 spiro atoms. The van der Waals surface area contributed by atoms with Crippen LogP contribution in [0.25, 0.3) is 11.1 Å². The second kappa shape index (κ2) is 5.52. The first-order chi connectivity index (χ1) is 10.5. The van der Waals surface area contributed by atoms with Gasteiger partial charge in [-0.3, -0.25) is 4.79 Å². The van der Waals surface area contributed by atoms with Crippen LogP contribution < -0.4 is 11.3 Å². The molecule has 0 aliphatic rings. The normalized spacial score (nSPS) is 10.8. The first kappa shape index (κ1) is 14.1. The average Bonchev–Trinajstić information content (AvgIpc) is 2.83. The molecular formula is C17H17N3O2. The van der Waals surface area contributed by atoms with Gasteiger partial charge in [0.05, 0.1) is 12.2 Å². The summed E-state index contributed by atoms with van der Waals surface area (Å²) in [5.41, 5.74) is 10.0. The summed E-state index contributed by atoms with van der Waals surface area (Å²) in [5.74, 6) is 0.746. The van der Waals surface area contributed by atoms with E-state index in [1.165, 1.54) is 0 Å². The van der Waals surface area contributed by atoms with E-state index in [-0.39, 0.29) is 5.56 Å². The van der Waals surface area contributed by atoms with Crippen LogP contribution in [0.2, 0.25) is 0 Å². The Morgan fingerprint density at radius 1 is 1.14 bits per heavy atom. The predicted octanol–water partition coefficient (Wildman–Crippen LogP) is 2.75. The van der Waals surface area contributed by atoms with Crippen molar-refractivity contribution in [2.24, 2.45) is 0 Å². The zero-order valence-electron chi connectivity index (χ0n) is 12.5. The summed E-state index contributed by atoms with van der Waals surface area (Å²) >= 11 is 0. The highest BCUT2D eigenvalue weighted by molar-refractivity contribution is 5.66. The molecule has 5 nitrogen and oxygen atoms in total. The van der Waals surface area contributed by atoms with Crippen molar-refractivity contribution in [1.82, 2.24) is 9.72 Å². The minimum atomic E-state index is -0.0488. The molecule has 3 aromatic rings. The molecule has 0 aliphatic heterocycles. The number of rotatable bonds is 3. The number of aryl methyl sites for hydroxylation is 2. The Labute approximate surface area is 128 Å². The average molecular weight is 295 g/mol. The monoisotopic (exact) mass is 295 g/mol. The van der Waals surface area contributed by atoms with Crippen LogP contribution in [0.1, 0.15) is 17.0 Å². The summed E-state index contributed by atoms with van der Waals surface area (Å²) < 4.78 is 6.87. The molecule has 0 atom stereocenters. The van der Waals surface area contributed by atoms with Crippen LogP contribution in [0.15, 0.2) is 51.9 Å². The molecule has 0 aliphatic carbocycles. The molecule has 0 saturated carbocycles. The maximum atomic E-state index is 12.1. The van der Waals surface area contributed by atoms with Gasteiger partial charge in [0.25, 0.3) is 5.56 Å². The van der Waals surface area contributed by atoms with Crippen LogP contribution in [0.5, 0.6) is 0 Å². The molecule has 0 unspecified atom stereocenters. The van der Waals surface area contributed by atoms with Gasteiger partial charge in [0.2, 0.25) is 0 Å². The second-order valence-corrected chi connectivity index (χ2v) is 5.32. The fourth-order valence-electron chi connectivity index (χ4n) is 2.52. The lowest BCUT2D eigenvalue weighted by molar-refractivity contribution is 0.393. The largest absolute Gasteiger partial charge is 0.399 e. The lowest BCUT2D eigenvalue weighted by Gasteiger charge is -2.09. The zero-order valence-corrected chi connectivity index (χ0v) is 12.5. The first-order valence-corrected chi connectivity index (χ1v) is 7.03. The van der Waals surface area contributed by atoms with Gasteiger partial charge in [-0.2, -0.15) is 0 Å². The van der Waals surface area contributed by atoms with Crippen molar-refractivity contribution in [2.45, 2.75) is 20.4 Å². The number of pyridine rings is 1. The van der Waals surface area contributed by atoms with Gasteiger partial charge < -0.3 is 14.8 Å². The molecule has 112 valence electrons. The molecular weight excluding hydrogens is 278 g/mol. The smallest absolute Gasteiger partial charge is 0.250 e. The Balaban J connectivity index is 2.00. The fraction of sp³-hybridized carbons (Fsp3) is 0.176. The van der Waals surface area contributed by atoms with Crippen molar-refractivity contribution in [3.63, 3.8) is 0 Å². The van der Waals surface area contributed by atoms with E-state index in [2.05, 4.69) is 5.16 Å². The number of hydrogen-bond acceptors (Lipinski definition) is 4. The van der Waals surface area contributed by atoms with Crippen molar-refractivity contribution >= 4 is 5.69 Å². The number of nitrogens with two attached hydrogens (primary N) is 1. The molecule has 0 fully saturated rings. The predicted molar refractivity (Wildman–Crippen MR) is 85.6 cm³/mol. The molecule has 2 heterocycles. The van der Waals surface area contributed by atoms with E-state index in [1.807, 2.05) is 44.3 Å². The SMILES string of the molecule is Cc1noc(C)c1-c1ccc(=O)n(Cc2ccc(N)cc2)c1. The third-order valence-electron chi connectivity index (χ3n) is 3.64. The van der Waals surface area contributed by atoms with Gasteiger partial charge >= 0.3 is 0 Å². The van der Waals surface area contributed by atoms with E-state index >= 15 is 0 Å². The third-order valence-corrected chi connectivity index (χ3v) is 3.64. The maximum absolute atomic E-state index is 12.1. The van der Waals surface area contributed by atoms with Crippen LogP contribution in [0.3, 0.4) is 0 Å². The Morgan fingerprint density at radius 2 is 1.86 bits per heavy atom. The molecule has 0 amide bonds. The van der Waals surface area contributed by atoms with Crippen molar-refractivity contribution in [2.75, 3.05) is 5.73 Å². The molecule has 2 N–H and O–H groups in total. The lowest BCUT2D eigenvalue weighted by atomic mass is 10.1. The molecule has 5 heteroatoms. The number of nitrogens with zero attached hydrogens (tertiary/aromatic N) is 2. The van der Waals surface area contributed by atoms with Gasteiger partial charge in [-0.15, -0.1) is 0 Å². The topological polar surface area (TPSA) is 74.0 Å². The van der Waals surface area contributed by atoms with Gasteiger partial charge in [0.15, 0.2) is 0 Å². The molecule has 0 radical (unpaired) electrons.